The molecule has 2 atom stereocenters. The minimum atomic E-state index is -4.51. The lowest BCUT2D eigenvalue weighted by Crippen LogP contribution is -2.53. The summed E-state index contributed by atoms with van der Waals surface area (Å²) in [4.78, 5) is 32.4. The van der Waals surface area contributed by atoms with Gasteiger partial charge >= 0.3 is 6.18 Å². The van der Waals surface area contributed by atoms with Crippen LogP contribution in [0.5, 0.6) is 0 Å². The van der Waals surface area contributed by atoms with Gasteiger partial charge in [-0.05, 0) is 49.7 Å². The van der Waals surface area contributed by atoms with E-state index in [1.807, 2.05) is 29.2 Å². The van der Waals surface area contributed by atoms with Crippen LogP contribution in [0.1, 0.15) is 56.6 Å². The third-order valence-corrected chi connectivity index (χ3v) is 7.93. The van der Waals surface area contributed by atoms with Gasteiger partial charge in [0.1, 0.15) is 6.54 Å². The standard InChI is InChI=1S/C27H34F3N5O2/c1-19(36)34-12-11-23-6-4-7-24(35(23)14-20-9-10-20)17-32(15-21-5-2-3-8-25(21)34)26(37)18-33-16-22(13-31-33)27(28,29)30/h2-3,5,8,13,16,20,23-24H,4,6-7,9-12,14-15,17-18H2,1H3. The number of hydrogen-bond donors (Lipinski definition) is 0. The average Bonchev–Trinajstić information content (AvgIpc) is 3.53. The van der Waals surface area contributed by atoms with Gasteiger partial charge in [0.15, 0.2) is 0 Å². The van der Waals surface area contributed by atoms with Crippen LogP contribution in [0, 0.1) is 5.92 Å². The van der Waals surface area contributed by atoms with Gasteiger partial charge in [-0.1, -0.05) is 24.6 Å². The van der Waals surface area contributed by atoms with Crippen molar-refractivity contribution >= 4 is 17.5 Å². The van der Waals surface area contributed by atoms with Gasteiger partial charge in [-0.2, -0.15) is 18.3 Å². The van der Waals surface area contributed by atoms with Crippen molar-refractivity contribution in [2.75, 3.05) is 24.5 Å². The first-order chi connectivity index (χ1) is 17.7. The molecule has 1 aromatic carbocycles. The molecular weight excluding hydrogens is 483 g/mol. The Kier molecular flexibility index (Phi) is 7.29. The SMILES string of the molecule is CC(=O)N1CCC2CCCC(CN(C(=O)Cn3cc(C(F)(F)F)cn3)Cc3ccccc31)N2CC1CC1. The van der Waals surface area contributed by atoms with Crippen molar-refractivity contribution in [2.24, 2.45) is 5.92 Å². The molecule has 2 aromatic rings. The fourth-order valence-electron chi connectivity index (χ4n) is 5.80. The molecule has 200 valence electrons. The maximum atomic E-state index is 13.6. The number of carbonyl (C=O) groups excluding carboxylic acids is 2. The van der Waals surface area contributed by atoms with Crippen molar-refractivity contribution in [3.8, 4) is 0 Å². The second-order valence-electron chi connectivity index (χ2n) is 10.7. The Morgan fingerprint density at radius 2 is 1.81 bits per heavy atom. The maximum absolute atomic E-state index is 13.6. The molecule has 5 rings (SSSR count). The third-order valence-electron chi connectivity index (χ3n) is 7.93. The van der Waals surface area contributed by atoms with Gasteiger partial charge in [-0.25, -0.2) is 0 Å². The number of piperidine rings is 1. The van der Waals surface area contributed by atoms with Crippen LogP contribution in [0.3, 0.4) is 0 Å². The Hall–Kier alpha value is -2.88. The predicted molar refractivity (Wildman–Crippen MR) is 133 cm³/mol. The molecule has 1 saturated carbocycles. The van der Waals surface area contributed by atoms with Crippen LogP contribution >= 0.6 is 0 Å². The van der Waals surface area contributed by atoms with Gasteiger partial charge in [0, 0.05) is 57.1 Å². The molecule has 0 radical (unpaired) electrons. The van der Waals surface area contributed by atoms with Crippen molar-refractivity contribution in [3.05, 3.63) is 47.8 Å². The zero-order valence-corrected chi connectivity index (χ0v) is 21.2. The van der Waals surface area contributed by atoms with Crippen LogP contribution in [0.15, 0.2) is 36.7 Å². The van der Waals surface area contributed by atoms with Crippen molar-refractivity contribution in [1.29, 1.82) is 0 Å². The highest BCUT2D eigenvalue weighted by Gasteiger charge is 2.38. The highest BCUT2D eigenvalue weighted by Crippen LogP contribution is 2.36. The number of halogens is 3. The molecule has 10 heteroatoms. The lowest BCUT2D eigenvalue weighted by molar-refractivity contribution is -0.138. The highest BCUT2D eigenvalue weighted by atomic mass is 19.4. The monoisotopic (exact) mass is 517 g/mol. The summed E-state index contributed by atoms with van der Waals surface area (Å²) in [5.41, 5.74) is 0.773. The van der Waals surface area contributed by atoms with Gasteiger partial charge in [-0.3, -0.25) is 19.2 Å². The van der Waals surface area contributed by atoms with Crippen molar-refractivity contribution < 1.29 is 22.8 Å². The Bertz CT molecular complexity index is 1130. The van der Waals surface area contributed by atoms with Crippen LogP contribution in [-0.4, -0.2) is 63.1 Å². The highest BCUT2D eigenvalue weighted by molar-refractivity contribution is 5.92. The quantitative estimate of drug-likeness (QED) is 0.606. The molecule has 0 spiro atoms. The van der Waals surface area contributed by atoms with E-state index < -0.39 is 11.7 Å². The van der Waals surface area contributed by atoms with Crippen LogP contribution in [0.4, 0.5) is 18.9 Å². The van der Waals surface area contributed by atoms with Gasteiger partial charge in [0.25, 0.3) is 0 Å². The first kappa shape index (κ1) is 25.8. The minimum Gasteiger partial charge on any atom is -0.335 e. The maximum Gasteiger partial charge on any atom is 0.419 e. The number of alkyl halides is 3. The molecule has 2 amide bonds. The molecule has 2 fully saturated rings. The predicted octanol–water partition coefficient (Wildman–Crippen LogP) is 4.32. The largest absolute Gasteiger partial charge is 0.419 e. The van der Waals surface area contributed by atoms with E-state index in [2.05, 4.69) is 10.00 Å². The van der Waals surface area contributed by atoms with Crippen molar-refractivity contribution in [3.63, 3.8) is 0 Å². The fourth-order valence-corrected chi connectivity index (χ4v) is 5.80. The number of nitrogens with zero attached hydrogens (tertiary/aromatic N) is 5. The first-order valence-electron chi connectivity index (χ1n) is 13.2. The summed E-state index contributed by atoms with van der Waals surface area (Å²) in [6, 6.07) is 8.13. The molecule has 3 heterocycles. The Morgan fingerprint density at radius 3 is 2.51 bits per heavy atom. The number of fused-ring (bicyclic) bond motifs is 3. The van der Waals surface area contributed by atoms with Crippen LogP contribution in [-0.2, 0) is 28.9 Å². The summed E-state index contributed by atoms with van der Waals surface area (Å²) in [7, 11) is 0. The molecule has 37 heavy (non-hydrogen) atoms. The summed E-state index contributed by atoms with van der Waals surface area (Å²) in [5, 5.41) is 3.80. The van der Waals surface area contributed by atoms with Crippen LogP contribution < -0.4 is 4.90 Å². The molecule has 2 unspecified atom stereocenters. The normalized spacial score (nSPS) is 23.4. The van der Waals surface area contributed by atoms with E-state index >= 15 is 0 Å². The number of anilines is 1. The number of benzene rings is 1. The molecule has 2 aliphatic heterocycles. The summed E-state index contributed by atoms with van der Waals surface area (Å²) < 4.78 is 40.3. The number of carbonyl (C=O) groups is 2. The third kappa shape index (κ3) is 6.00. The van der Waals surface area contributed by atoms with Gasteiger partial charge in [0.2, 0.25) is 11.8 Å². The number of para-hydroxylation sites is 1. The summed E-state index contributed by atoms with van der Waals surface area (Å²) in [5.74, 6) is 0.360. The summed E-state index contributed by atoms with van der Waals surface area (Å²) in [6.07, 6.45) is 3.55. The average molecular weight is 518 g/mol. The topological polar surface area (TPSA) is 61.7 Å². The first-order valence-corrected chi connectivity index (χ1v) is 13.2. The van der Waals surface area contributed by atoms with E-state index in [0.29, 0.717) is 25.0 Å². The van der Waals surface area contributed by atoms with Gasteiger partial charge in [-0.15, -0.1) is 0 Å². The smallest absolute Gasteiger partial charge is 0.335 e. The molecule has 1 aliphatic carbocycles. The van der Waals surface area contributed by atoms with Crippen LogP contribution in [0.25, 0.3) is 0 Å². The molecule has 1 aromatic heterocycles. The Morgan fingerprint density at radius 1 is 1.05 bits per heavy atom. The summed E-state index contributed by atoms with van der Waals surface area (Å²) in [6.45, 7) is 3.70. The second-order valence-corrected chi connectivity index (χ2v) is 10.7. The van der Waals surface area contributed by atoms with E-state index in [9.17, 15) is 22.8 Å². The van der Waals surface area contributed by atoms with Crippen LogP contribution in [0.2, 0.25) is 0 Å². The molecule has 1 saturated heterocycles. The fraction of sp³-hybridized carbons (Fsp3) is 0.593. The number of aromatic nitrogens is 2. The zero-order valence-electron chi connectivity index (χ0n) is 21.2. The lowest BCUT2D eigenvalue weighted by atomic mass is 9.92. The van der Waals surface area contributed by atoms with E-state index in [1.54, 1.807) is 11.8 Å². The lowest BCUT2D eigenvalue weighted by Gasteiger charge is -2.44. The Labute approximate surface area is 215 Å². The van der Waals surface area contributed by atoms with E-state index in [4.69, 9.17) is 0 Å². The molecule has 3 aliphatic rings. The Balaban J connectivity index is 1.47. The molecular formula is C27H34F3N5O2. The molecule has 7 nitrogen and oxygen atoms in total. The minimum absolute atomic E-state index is 0.0399. The van der Waals surface area contributed by atoms with Crippen molar-refractivity contribution in [2.45, 2.75) is 76.8 Å². The second kappa shape index (κ2) is 10.5. The van der Waals surface area contributed by atoms with Crippen molar-refractivity contribution in [1.82, 2.24) is 19.6 Å². The van der Waals surface area contributed by atoms with E-state index in [0.717, 1.165) is 60.6 Å². The van der Waals surface area contributed by atoms with Gasteiger partial charge in [0.05, 0.1) is 11.8 Å². The number of hydrogen-bond acceptors (Lipinski definition) is 4. The van der Waals surface area contributed by atoms with E-state index in [-0.39, 0.29) is 30.9 Å². The van der Waals surface area contributed by atoms with E-state index in [1.165, 1.54) is 12.8 Å². The zero-order chi connectivity index (χ0) is 26.2. The number of amides is 2. The molecule has 2 bridgehead atoms. The van der Waals surface area contributed by atoms with Gasteiger partial charge < -0.3 is 9.80 Å². The summed E-state index contributed by atoms with van der Waals surface area (Å²) >= 11 is 0. The number of rotatable bonds is 4. The molecule has 0 N–H and O–H groups in total.